The lowest BCUT2D eigenvalue weighted by molar-refractivity contribution is 0.332. The van der Waals surface area contributed by atoms with Crippen molar-refractivity contribution in [1.29, 1.82) is 0 Å². The van der Waals surface area contributed by atoms with Gasteiger partial charge in [0.15, 0.2) is 0 Å². The first kappa shape index (κ1) is 62.3. The summed E-state index contributed by atoms with van der Waals surface area (Å²) in [7, 11) is 0. The summed E-state index contributed by atoms with van der Waals surface area (Å²) in [5.74, 6) is 0. The molecule has 0 radical (unpaired) electrons. The van der Waals surface area contributed by atoms with Gasteiger partial charge in [-0.2, -0.15) is 0 Å². The lowest BCUT2D eigenvalue weighted by Crippen LogP contribution is -2.60. The van der Waals surface area contributed by atoms with Crippen LogP contribution in [0.25, 0.3) is 104 Å². The number of fused-ring (bicyclic) bond motifs is 17. The minimum absolute atomic E-state index is 0.00599. The van der Waals surface area contributed by atoms with Crippen LogP contribution in [0.4, 0.5) is 17.1 Å². The van der Waals surface area contributed by atoms with Crippen LogP contribution in [0, 0.1) is 0 Å². The van der Waals surface area contributed by atoms with Crippen LogP contribution >= 0.6 is 0 Å². The first-order valence-corrected chi connectivity index (χ1v) is 37.2. The molecule has 18 rings (SSSR count). The fourth-order valence-corrected chi connectivity index (χ4v) is 19.5. The number of aryl methyl sites for hydroxylation is 1. The molecule has 0 fully saturated rings. The predicted octanol–water partition coefficient (Wildman–Crippen LogP) is 24.4. The number of para-hydroxylation sites is 1. The van der Waals surface area contributed by atoms with Crippen molar-refractivity contribution in [2.24, 2.45) is 0 Å². The van der Waals surface area contributed by atoms with Crippen molar-refractivity contribution in [2.75, 3.05) is 4.90 Å². The zero-order valence-electron chi connectivity index (χ0n) is 61.5. The van der Waals surface area contributed by atoms with Gasteiger partial charge in [0.25, 0.3) is 6.71 Å². The van der Waals surface area contributed by atoms with Gasteiger partial charge in [-0.05, 0) is 264 Å². The number of nitrogens with zero attached hydrogens (tertiary/aromatic N) is 2. The molecule has 0 spiro atoms. The first-order chi connectivity index (χ1) is 47.1. The zero-order valence-corrected chi connectivity index (χ0v) is 61.5. The zero-order chi connectivity index (χ0) is 68.6. The standard InChI is InChI=1S/C96H95BN2/c1-90(2,3)63-34-37-65(38-35-63)98-82-42-36-64(91(4,5)6)55-79(82)97-80-56-73-68-27-18-17-25-66(68)67-26-19-20-28-69(67)86(73)87-70-29-21-22-30-81(70)99(89(80)87)84-54-62(53-83(98)88(84)97)85-71(58-32-39-74-60(48-58)24-23-43-92(74,7)8)49-61(57-31-40-75-77(51-57)95(13,14)46-44-93(75,9)10)50-72(85)59-33-41-76-78(52-59)96(15,16)47-45-94(76,11)12/h17-22,25-42,48-56H,23-24,43-47H2,1-16H3. The smallest absolute Gasteiger partial charge is 0.252 e. The highest BCUT2D eigenvalue weighted by Gasteiger charge is 2.45. The molecule has 0 N–H and O–H groups in total. The molecule has 2 aliphatic heterocycles. The van der Waals surface area contributed by atoms with Crippen molar-refractivity contribution in [3.8, 4) is 50.2 Å². The molecule has 0 unspecified atom stereocenters. The normalized spacial score (nSPS) is 17.6. The molecule has 0 saturated carbocycles. The second kappa shape index (κ2) is 21.1. The summed E-state index contributed by atoms with van der Waals surface area (Å²) in [6.07, 6.45) is 8.13. The second-order valence-electron chi connectivity index (χ2n) is 36.2. The molecule has 0 atom stereocenters. The van der Waals surface area contributed by atoms with Crippen LogP contribution in [0.2, 0.25) is 0 Å². The molecule has 0 amide bonds. The summed E-state index contributed by atoms with van der Waals surface area (Å²) in [5, 5.41) is 10.5. The van der Waals surface area contributed by atoms with E-state index in [-0.39, 0.29) is 44.6 Å². The average Bonchev–Trinajstić information content (AvgIpc) is 1.60. The van der Waals surface area contributed by atoms with Crippen LogP contribution in [0.3, 0.4) is 0 Å². The van der Waals surface area contributed by atoms with Gasteiger partial charge in [-0.15, -0.1) is 0 Å². The highest BCUT2D eigenvalue weighted by molar-refractivity contribution is 7.00. The average molecular weight is 1290 g/mol. The summed E-state index contributed by atoms with van der Waals surface area (Å²) in [4.78, 5) is 2.68. The van der Waals surface area contributed by atoms with Gasteiger partial charge in [0.05, 0.1) is 11.0 Å². The van der Waals surface area contributed by atoms with Gasteiger partial charge in [-0.3, -0.25) is 0 Å². The van der Waals surface area contributed by atoms with Gasteiger partial charge in [0, 0.05) is 38.9 Å². The molecule has 12 aromatic carbocycles. The van der Waals surface area contributed by atoms with E-state index in [1.54, 1.807) is 0 Å². The number of hydrogen-bond acceptors (Lipinski definition) is 1. The molecule has 5 aliphatic rings. The van der Waals surface area contributed by atoms with Crippen molar-refractivity contribution < 1.29 is 0 Å². The summed E-state index contributed by atoms with van der Waals surface area (Å²) < 4.78 is 2.75. The SMILES string of the molecule is CC(C)(C)c1ccc(N2c3ccc(C(C)(C)C)cc3B3c4c2cc(-c2c(-c5ccc6c(c5)CCCC6(C)C)cc(-c5ccc6c(c5)C(C)(C)CCC6(C)C)cc2-c2ccc5c(c2)C(C)(C)CCC5(C)C)cc4-n2c4ccccc4c4c5c6ccccc6c6ccccc6c5cc3c42)cc1. The quantitative estimate of drug-likeness (QED) is 0.123. The maximum absolute atomic E-state index is 2.75. The van der Waals surface area contributed by atoms with Crippen LogP contribution in [0.1, 0.15) is 194 Å². The molecule has 2 nitrogen and oxygen atoms in total. The molecule has 3 heteroatoms. The van der Waals surface area contributed by atoms with Crippen molar-refractivity contribution in [3.63, 3.8) is 0 Å². The molecule has 13 aromatic rings. The van der Waals surface area contributed by atoms with E-state index in [4.69, 9.17) is 0 Å². The maximum atomic E-state index is 2.75. The monoisotopic (exact) mass is 1290 g/mol. The van der Waals surface area contributed by atoms with Crippen molar-refractivity contribution in [1.82, 2.24) is 4.57 Å². The van der Waals surface area contributed by atoms with Crippen LogP contribution in [-0.2, 0) is 44.3 Å². The van der Waals surface area contributed by atoms with Gasteiger partial charge < -0.3 is 9.47 Å². The third kappa shape index (κ3) is 9.33. The lowest BCUT2D eigenvalue weighted by Gasteiger charge is -2.42. The topological polar surface area (TPSA) is 8.17 Å². The summed E-state index contributed by atoms with van der Waals surface area (Å²) in [6.45, 7) is 38.9. The number of hydrogen-bond donors (Lipinski definition) is 0. The van der Waals surface area contributed by atoms with Gasteiger partial charge in [-0.1, -0.05) is 262 Å². The predicted molar refractivity (Wildman–Crippen MR) is 428 cm³/mol. The lowest BCUT2D eigenvalue weighted by atomic mass is 9.33. The molecule has 1 aromatic heterocycles. The molecule has 0 saturated heterocycles. The van der Waals surface area contributed by atoms with Crippen LogP contribution in [0.5, 0.6) is 0 Å². The third-order valence-electron chi connectivity index (χ3n) is 25.5. The van der Waals surface area contributed by atoms with E-state index >= 15 is 0 Å². The largest absolute Gasteiger partial charge is 0.311 e. The number of aromatic nitrogens is 1. The Bertz CT molecular complexity index is 5640. The van der Waals surface area contributed by atoms with Crippen molar-refractivity contribution in [2.45, 2.75) is 194 Å². The first-order valence-electron chi connectivity index (χ1n) is 37.2. The third-order valence-corrected chi connectivity index (χ3v) is 25.5. The second-order valence-corrected chi connectivity index (χ2v) is 36.2. The van der Waals surface area contributed by atoms with Gasteiger partial charge in [-0.25, -0.2) is 0 Å². The Morgan fingerprint density at radius 3 is 1.48 bits per heavy atom. The molecule has 99 heavy (non-hydrogen) atoms. The maximum Gasteiger partial charge on any atom is 0.252 e. The fourth-order valence-electron chi connectivity index (χ4n) is 19.5. The van der Waals surface area contributed by atoms with Crippen LogP contribution < -0.4 is 21.3 Å². The van der Waals surface area contributed by atoms with Gasteiger partial charge in [0.2, 0.25) is 0 Å². The number of benzene rings is 12. The van der Waals surface area contributed by atoms with E-state index in [0.717, 1.165) is 19.3 Å². The van der Waals surface area contributed by atoms with E-state index in [0.29, 0.717) is 0 Å². The molecule has 0 bridgehead atoms. The minimum atomic E-state index is -0.102. The van der Waals surface area contributed by atoms with Gasteiger partial charge >= 0.3 is 0 Å². The van der Waals surface area contributed by atoms with Crippen molar-refractivity contribution >= 4 is 94.3 Å². The number of rotatable bonds is 5. The summed E-state index contributed by atoms with van der Waals surface area (Å²) in [5.41, 5.74) is 33.4. The highest BCUT2D eigenvalue weighted by Crippen LogP contribution is 2.55. The van der Waals surface area contributed by atoms with E-state index < -0.39 is 0 Å². The molecule has 3 heterocycles. The van der Waals surface area contributed by atoms with E-state index in [2.05, 4.69) is 320 Å². The summed E-state index contributed by atoms with van der Waals surface area (Å²) in [6, 6.07) is 81.2. The Hall–Kier alpha value is -8.92. The molecule has 492 valence electrons. The molecular weight excluding hydrogens is 1190 g/mol. The fraction of sp³-hybridized carbons (Fsp3) is 0.312. The van der Waals surface area contributed by atoms with Crippen LogP contribution in [0.15, 0.2) is 200 Å². The summed E-state index contributed by atoms with van der Waals surface area (Å²) >= 11 is 0. The Kier molecular flexibility index (Phi) is 13.3. The number of anilines is 3. The van der Waals surface area contributed by atoms with E-state index in [9.17, 15) is 0 Å². The van der Waals surface area contributed by atoms with E-state index in [1.807, 2.05) is 0 Å². The highest BCUT2D eigenvalue weighted by atomic mass is 15.2. The van der Waals surface area contributed by atoms with E-state index in [1.165, 1.54) is 208 Å². The Labute approximate surface area is 588 Å². The van der Waals surface area contributed by atoms with Crippen LogP contribution in [-0.4, -0.2) is 11.3 Å². The Balaban J connectivity index is 1.03. The van der Waals surface area contributed by atoms with Crippen molar-refractivity contribution in [3.05, 3.63) is 245 Å². The van der Waals surface area contributed by atoms with Gasteiger partial charge in [0.1, 0.15) is 0 Å². The molecular formula is C96H95BN2. The Morgan fingerprint density at radius 2 is 0.859 bits per heavy atom. The Morgan fingerprint density at radius 1 is 0.354 bits per heavy atom. The molecule has 3 aliphatic carbocycles. The minimum Gasteiger partial charge on any atom is -0.311 e.